The molecule has 2 aromatic carbocycles. The Bertz CT molecular complexity index is 718. The fourth-order valence-electron chi connectivity index (χ4n) is 1.80. The highest BCUT2D eigenvalue weighted by Crippen LogP contribution is 2.13. The van der Waals surface area contributed by atoms with Gasteiger partial charge < -0.3 is 16.0 Å². The Morgan fingerprint density at radius 2 is 1.61 bits per heavy atom. The predicted octanol–water partition coefficient (Wildman–Crippen LogP) is 3.03. The summed E-state index contributed by atoms with van der Waals surface area (Å²) in [5.41, 5.74) is 1.24. The van der Waals surface area contributed by atoms with Crippen molar-refractivity contribution in [1.82, 2.24) is 5.32 Å². The van der Waals surface area contributed by atoms with E-state index in [1.54, 1.807) is 6.92 Å². The van der Waals surface area contributed by atoms with Gasteiger partial charge >= 0.3 is 6.03 Å². The van der Waals surface area contributed by atoms with E-state index < -0.39 is 17.8 Å². The topological polar surface area (TPSA) is 70.2 Å². The molecule has 7 heteroatoms. The van der Waals surface area contributed by atoms with Gasteiger partial charge in [0.2, 0.25) is 5.91 Å². The van der Waals surface area contributed by atoms with E-state index >= 15 is 0 Å². The molecule has 0 aliphatic rings. The Hall–Kier alpha value is -2.96. The lowest BCUT2D eigenvalue weighted by Gasteiger charge is -2.09. The van der Waals surface area contributed by atoms with Crippen LogP contribution >= 0.6 is 0 Å². The minimum Gasteiger partial charge on any atom is -0.329 e. The second kappa shape index (κ2) is 7.35. The van der Waals surface area contributed by atoms with Crippen molar-refractivity contribution in [2.24, 2.45) is 0 Å². The molecule has 0 heterocycles. The van der Waals surface area contributed by atoms with E-state index in [0.29, 0.717) is 16.9 Å². The Morgan fingerprint density at radius 1 is 0.957 bits per heavy atom. The molecule has 0 unspecified atom stereocenters. The van der Waals surface area contributed by atoms with Gasteiger partial charge in [-0.3, -0.25) is 4.79 Å². The first-order valence-corrected chi connectivity index (χ1v) is 6.80. The van der Waals surface area contributed by atoms with Gasteiger partial charge in [-0.05, 0) is 55.0 Å². The van der Waals surface area contributed by atoms with Crippen LogP contribution in [0.1, 0.15) is 5.56 Å². The zero-order chi connectivity index (χ0) is 16.8. The van der Waals surface area contributed by atoms with Crippen LogP contribution < -0.4 is 16.0 Å². The monoisotopic (exact) mass is 319 g/mol. The maximum absolute atomic E-state index is 13.1. The lowest BCUT2D eigenvalue weighted by Crippen LogP contribution is -2.35. The Balaban J connectivity index is 1.80. The van der Waals surface area contributed by atoms with Crippen molar-refractivity contribution in [3.05, 3.63) is 59.7 Å². The van der Waals surface area contributed by atoms with E-state index in [1.807, 2.05) is 0 Å². The molecule has 0 fully saturated rings. The largest absolute Gasteiger partial charge is 0.329 e. The van der Waals surface area contributed by atoms with E-state index in [2.05, 4.69) is 16.0 Å². The number of aryl methyl sites for hydroxylation is 1. The molecule has 0 aromatic heterocycles. The molecule has 3 N–H and O–H groups in total. The summed E-state index contributed by atoms with van der Waals surface area (Å²) in [6, 6.07) is 8.80. The van der Waals surface area contributed by atoms with Gasteiger partial charge in [0.05, 0.1) is 6.54 Å². The second-order valence-electron chi connectivity index (χ2n) is 4.83. The van der Waals surface area contributed by atoms with Gasteiger partial charge in [0.25, 0.3) is 0 Å². The number of anilines is 2. The van der Waals surface area contributed by atoms with Crippen LogP contribution in [0.4, 0.5) is 25.0 Å². The molecule has 120 valence electrons. The molecule has 0 saturated heterocycles. The number of carbonyl (C=O) groups is 2. The summed E-state index contributed by atoms with van der Waals surface area (Å²) >= 11 is 0. The van der Waals surface area contributed by atoms with Crippen LogP contribution in [0.3, 0.4) is 0 Å². The molecule has 0 aliphatic heterocycles. The van der Waals surface area contributed by atoms with Crippen molar-refractivity contribution in [3.8, 4) is 0 Å². The van der Waals surface area contributed by atoms with Gasteiger partial charge in [-0.25, -0.2) is 13.6 Å². The van der Waals surface area contributed by atoms with Crippen LogP contribution in [0.2, 0.25) is 0 Å². The molecule has 0 saturated carbocycles. The normalized spacial score (nSPS) is 10.0. The molecule has 0 atom stereocenters. The quantitative estimate of drug-likeness (QED) is 0.810. The van der Waals surface area contributed by atoms with Gasteiger partial charge in [0.15, 0.2) is 0 Å². The first-order valence-electron chi connectivity index (χ1n) is 6.80. The van der Waals surface area contributed by atoms with Crippen molar-refractivity contribution in [1.29, 1.82) is 0 Å². The second-order valence-corrected chi connectivity index (χ2v) is 4.83. The average molecular weight is 319 g/mol. The molecular weight excluding hydrogens is 304 g/mol. The zero-order valence-electron chi connectivity index (χ0n) is 12.3. The highest BCUT2D eigenvalue weighted by Gasteiger charge is 2.07. The van der Waals surface area contributed by atoms with Crippen LogP contribution in [-0.4, -0.2) is 18.5 Å². The Labute approximate surface area is 131 Å². The summed E-state index contributed by atoms with van der Waals surface area (Å²) in [7, 11) is 0. The molecule has 3 amide bonds. The van der Waals surface area contributed by atoms with Crippen LogP contribution in [0, 0.1) is 18.6 Å². The van der Waals surface area contributed by atoms with Crippen molar-refractivity contribution >= 4 is 23.3 Å². The summed E-state index contributed by atoms with van der Waals surface area (Å²) in [6.07, 6.45) is 0. The van der Waals surface area contributed by atoms with E-state index in [0.717, 1.165) is 0 Å². The molecule has 2 rings (SSSR count). The van der Waals surface area contributed by atoms with Crippen LogP contribution in [0.15, 0.2) is 42.5 Å². The lowest BCUT2D eigenvalue weighted by molar-refractivity contribution is -0.115. The summed E-state index contributed by atoms with van der Waals surface area (Å²) in [5, 5.41) is 7.36. The van der Waals surface area contributed by atoms with E-state index in [1.165, 1.54) is 42.5 Å². The van der Waals surface area contributed by atoms with E-state index in [9.17, 15) is 18.4 Å². The third-order valence-electron chi connectivity index (χ3n) is 2.95. The van der Waals surface area contributed by atoms with Crippen LogP contribution in [0.25, 0.3) is 0 Å². The minimum absolute atomic E-state index is 0.261. The van der Waals surface area contributed by atoms with Crippen LogP contribution in [0.5, 0.6) is 0 Å². The number of amides is 3. The molecular formula is C16H15F2N3O2. The van der Waals surface area contributed by atoms with Crippen molar-refractivity contribution in [2.75, 3.05) is 17.2 Å². The summed E-state index contributed by atoms with van der Waals surface area (Å²) < 4.78 is 25.9. The number of halogens is 2. The molecule has 0 bridgehead atoms. The Kier molecular flexibility index (Phi) is 5.24. The summed E-state index contributed by atoms with van der Waals surface area (Å²) in [5.74, 6) is -1.23. The Morgan fingerprint density at radius 3 is 2.26 bits per heavy atom. The van der Waals surface area contributed by atoms with Crippen LogP contribution in [-0.2, 0) is 4.79 Å². The molecule has 0 spiro atoms. The average Bonchev–Trinajstić information content (AvgIpc) is 2.51. The predicted molar refractivity (Wildman–Crippen MR) is 83.2 cm³/mol. The lowest BCUT2D eigenvalue weighted by atomic mass is 10.2. The van der Waals surface area contributed by atoms with Gasteiger partial charge in [-0.2, -0.15) is 0 Å². The third kappa shape index (κ3) is 5.06. The zero-order valence-corrected chi connectivity index (χ0v) is 12.3. The molecule has 2 aromatic rings. The van der Waals surface area contributed by atoms with Crippen molar-refractivity contribution < 1.29 is 18.4 Å². The standard InChI is InChI=1S/C16H15F2N3O2/c1-10-8-13(6-7-14(10)18)21-16(23)19-9-15(22)20-12-4-2-11(17)3-5-12/h2-8H,9H2,1H3,(H,20,22)(H2,19,21,23). The maximum Gasteiger partial charge on any atom is 0.319 e. The van der Waals surface area contributed by atoms with Gasteiger partial charge in [0, 0.05) is 11.4 Å². The fraction of sp³-hybridized carbons (Fsp3) is 0.125. The van der Waals surface area contributed by atoms with Crippen molar-refractivity contribution in [2.45, 2.75) is 6.92 Å². The van der Waals surface area contributed by atoms with E-state index in [-0.39, 0.29) is 12.4 Å². The maximum atomic E-state index is 13.1. The highest BCUT2D eigenvalue weighted by atomic mass is 19.1. The molecule has 0 radical (unpaired) electrons. The van der Waals surface area contributed by atoms with Gasteiger partial charge in [-0.15, -0.1) is 0 Å². The van der Waals surface area contributed by atoms with Gasteiger partial charge in [-0.1, -0.05) is 0 Å². The number of hydrogen-bond donors (Lipinski definition) is 3. The number of carbonyl (C=O) groups excluding carboxylic acids is 2. The number of nitrogens with one attached hydrogen (secondary N) is 3. The smallest absolute Gasteiger partial charge is 0.319 e. The summed E-state index contributed by atoms with van der Waals surface area (Å²) in [6.45, 7) is 1.32. The SMILES string of the molecule is Cc1cc(NC(=O)NCC(=O)Nc2ccc(F)cc2)ccc1F. The summed E-state index contributed by atoms with van der Waals surface area (Å²) in [4.78, 5) is 23.3. The fourth-order valence-corrected chi connectivity index (χ4v) is 1.80. The highest BCUT2D eigenvalue weighted by molar-refractivity contribution is 5.96. The minimum atomic E-state index is -0.592. The number of rotatable bonds is 4. The third-order valence-corrected chi connectivity index (χ3v) is 2.95. The molecule has 5 nitrogen and oxygen atoms in total. The number of hydrogen-bond acceptors (Lipinski definition) is 2. The number of benzene rings is 2. The first-order chi connectivity index (χ1) is 10.9. The van der Waals surface area contributed by atoms with E-state index in [4.69, 9.17) is 0 Å². The first kappa shape index (κ1) is 16.4. The number of urea groups is 1. The van der Waals surface area contributed by atoms with Crippen molar-refractivity contribution in [3.63, 3.8) is 0 Å². The molecule has 0 aliphatic carbocycles. The molecule has 23 heavy (non-hydrogen) atoms. The van der Waals surface area contributed by atoms with Gasteiger partial charge in [0.1, 0.15) is 11.6 Å².